The minimum atomic E-state index is -3.59. The van der Waals surface area contributed by atoms with E-state index in [4.69, 9.17) is 27.9 Å². The minimum Gasteiger partial charge on any atom is -0.444 e. The highest BCUT2D eigenvalue weighted by atomic mass is 35.5. The predicted octanol–water partition coefficient (Wildman–Crippen LogP) is 4.20. The van der Waals surface area contributed by atoms with Gasteiger partial charge in [-0.15, -0.1) is 0 Å². The monoisotopic (exact) mass is 436 g/mol. The van der Waals surface area contributed by atoms with E-state index in [0.717, 1.165) is 12.8 Å². The second-order valence-corrected chi connectivity index (χ2v) is 10.4. The van der Waals surface area contributed by atoms with Crippen LogP contribution in [0.25, 0.3) is 0 Å². The molecule has 1 aromatic carbocycles. The third-order valence-electron chi connectivity index (χ3n) is 4.16. The lowest BCUT2D eigenvalue weighted by molar-refractivity contribution is 0.0512. The molecule has 1 heterocycles. The molecule has 1 aliphatic rings. The summed E-state index contributed by atoms with van der Waals surface area (Å²) in [5.41, 5.74) is -0.0983. The Labute approximate surface area is 171 Å². The fourth-order valence-corrected chi connectivity index (χ4v) is 5.38. The summed E-state index contributed by atoms with van der Waals surface area (Å²) in [5.74, 6) is -0.202. The molecule has 0 spiro atoms. The first-order valence-corrected chi connectivity index (χ1v) is 11.2. The Hall–Kier alpha value is -1.02. The van der Waals surface area contributed by atoms with Crippen LogP contribution in [0, 0.1) is 0 Å². The Morgan fingerprint density at radius 3 is 2.63 bits per heavy atom. The summed E-state index contributed by atoms with van der Waals surface area (Å²) < 4.78 is 32.6. The zero-order valence-electron chi connectivity index (χ0n) is 15.8. The molecule has 2 rings (SSSR count). The number of alkyl carbamates (subject to hydrolysis) is 1. The number of carbonyl (C=O) groups excluding carboxylic acids is 1. The third kappa shape index (κ3) is 6.82. The standard InChI is InChI=1S/C18H26Cl2N2O4S/c1-18(2,3)26-17(23)21-11-15-6-4-5-9-22(15)27(24,25)12-13-7-8-14(19)10-16(13)20/h7-8,10,15H,4-6,9,11-12H2,1-3H3,(H,21,23). The largest absolute Gasteiger partial charge is 0.444 e. The molecule has 9 heteroatoms. The van der Waals surface area contributed by atoms with Crippen molar-refractivity contribution in [2.75, 3.05) is 13.1 Å². The van der Waals surface area contributed by atoms with E-state index in [1.807, 2.05) is 0 Å². The van der Waals surface area contributed by atoms with E-state index >= 15 is 0 Å². The van der Waals surface area contributed by atoms with E-state index in [0.29, 0.717) is 28.6 Å². The topological polar surface area (TPSA) is 75.7 Å². The maximum absolute atomic E-state index is 13.0. The van der Waals surface area contributed by atoms with Crippen molar-refractivity contribution in [3.05, 3.63) is 33.8 Å². The molecule has 6 nitrogen and oxygen atoms in total. The van der Waals surface area contributed by atoms with Crippen LogP contribution in [-0.2, 0) is 20.5 Å². The summed E-state index contributed by atoms with van der Waals surface area (Å²) in [4.78, 5) is 11.9. The van der Waals surface area contributed by atoms with Gasteiger partial charge in [0.05, 0.1) is 5.75 Å². The van der Waals surface area contributed by atoms with Crippen molar-refractivity contribution >= 4 is 39.3 Å². The van der Waals surface area contributed by atoms with Gasteiger partial charge in [-0.1, -0.05) is 35.7 Å². The molecule has 27 heavy (non-hydrogen) atoms. The smallest absolute Gasteiger partial charge is 0.407 e. The van der Waals surface area contributed by atoms with Gasteiger partial charge in [0.2, 0.25) is 10.0 Å². The Balaban J connectivity index is 2.07. The number of piperidine rings is 1. The van der Waals surface area contributed by atoms with Gasteiger partial charge in [0.1, 0.15) is 5.60 Å². The number of ether oxygens (including phenoxy) is 1. The van der Waals surface area contributed by atoms with E-state index in [-0.39, 0.29) is 18.3 Å². The van der Waals surface area contributed by atoms with E-state index in [2.05, 4.69) is 5.32 Å². The maximum Gasteiger partial charge on any atom is 0.407 e. The quantitative estimate of drug-likeness (QED) is 0.749. The molecular formula is C18H26Cl2N2O4S. The van der Waals surface area contributed by atoms with Gasteiger partial charge in [0, 0.05) is 29.2 Å². The van der Waals surface area contributed by atoms with Gasteiger partial charge < -0.3 is 10.1 Å². The Kier molecular flexibility index (Phi) is 7.41. The molecule has 0 radical (unpaired) electrons. The van der Waals surface area contributed by atoms with Gasteiger partial charge in [-0.3, -0.25) is 0 Å². The number of nitrogens with zero attached hydrogens (tertiary/aromatic N) is 1. The SMILES string of the molecule is CC(C)(C)OC(=O)NCC1CCCCN1S(=O)(=O)Cc1ccc(Cl)cc1Cl. The Morgan fingerprint density at radius 1 is 1.30 bits per heavy atom. The number of hydrogen-bond donors (Lipinski definition) is 1. The molecule has 0 aliphatic carbocycles. The van der Waals surface area contributed by atoms with Gasteiger partial charge in [0.15, 0.2) is 0 Å². The zero-order valence-corrected chi connectivity index (χ0v) is 18.1. The summed E-state index contributed by atoms with van der Waals surface area (Å²) >= 11 is 12.0. The highest BCUT2D eigenvalue weighted by Crippen LogP contribution is 2.27. The van der Waals surface area contributed by atoms with Crippen LogP contribution in [0.5, 0.6) is 0 Å². The number of halogens is 2. The minimum absolute atomic E-state index is 0.202. The average molecular weight is 437 g/mol. The van der Waals surface area contributed by atoms with Crippen molar-refractivity contribution in [2.24, 2.45) is 0 Å². The lowest BCUT2D eigenvalue weighted by Gasteiger charge is -2.35. The molecule has 1 saturated heterocycles. The van der Waals surface area contributed by atoms with Gasteiger partial charge in [0.25, 0.3) is 0 Å². The molecule has 0 aromatic heterocycles. The Bertz CT molecular complexity index is 778. The summed E-state index contributed by atoms with van der Waals surface area (Å²) in [7, 11) is -3.59. The van der Waals surface area contributed by atoms with E-state index in [1.54, 1.807) is 32.9 Å². The molecule has 1 aromatic rings. The predicted molar refractivity (Wildman–Crippen MR) is 108 cm³/mol. The van der Waals surface area contributed by atoms with E-state index < -0.39 is 21.7 Å². The number of amides is 1. The molecular weight excluding hydrogens is 411 g/mol. The summed E-state index contributed by atoms with van der Waals surface area (Å²) in [6.45, 7) is 5.97. The molecule has 1 N–H and O–H groups in total. The normalized spacial score (nSPS) is 18.9. The molecule has 1 aliphatic heterocycles. The van der Waals surface area contributed by atoms with Crippen molar-refractivity contribution in [3.63, 3.8) is 0 Å². The number of hydrogen-bond acceptors (Lipinski definition) is 4. The average Bonchev–Trinajstić information content (AvgIpc) is 2.54. The number of sulfonamides is 1. The summed E-state index contributed by atoms with van der Waals surface area (Å²) in [6.07, 6.45) is 1.83. The molecule has 1 unspecified atom stereocenters. The van der Waals surface area contributed by atoms with Crippen LogP contribution >= 0.6 is 23.2 Å². The number of nitrogens with one attached hydrogen (secondary N) is 1. The van der Waals surface area contributed by atoms with Crippen LogP contribution in [-0.4, -0.2) is 43.5 Å². The first-order chi connectivity index (χ1) is 12.5. The molecule has 1 fully saturated rings. The van der Waals surface area contributed by atoms with Gasteiger partial charge in [-0.2, -0.15) is 4.31 Å². The van der Waals surface area contributed by atoms with Crippen molar-refractivity contribution in [1.82, 2.24) is 9.62 Å². The second kappa shape index (κ2) is 8.99. The van der Waals surface area contributed by atoms with Crippen LogP contribution in [0.2, 0.25) is 10.0 Å². The van der Waals surface area contributed by atoms with Crippen molar-refractivity contribution < 1.29 is 17.9 Å². The van der Waals surface area contributed by atoms with Crippen molar-refractivity contribution in [2.45, 2.75) is 57.4 Å². The second-order valence-electron chi connectivity index (χ2n) is 7.64. The van der Waals surface area contributed by atoms with Gasteiger partial charge in [-0.25, -0.2) is 13.2 Å². The van der Waals surface area contributed by atoms with Crippen molar-refractivity contribution in [3.8, 4) is 0 Å². The molecule has 0 saturated carbocycles. The maximum atomic E-state index is 13.0. The van der Waals surface area contributed by atoms with Crippen LogP contribution in [0.4, 0.5) is 4.79 Å². The Morgan fingerprint density at radius 2 is 2.00 bits per heavy atom. The molecule has 1 atom stereocenters. The molecule has 152 valence electrons. The number of benzene rings is 1. The van der Waals surface area contributed by atoms with E-state index in [1.165, 1.54) is 10.4 Å². The highest BCUT2D eigenvalue weighted by Gasteiger charge is 2.33. The summed E-state index contributed by atoms with van der Waals surface area (Å²) in [5, 5.41) is 3.47. The van der Waals surface area contributed by atoms with E-state index in [9.17, 15) is 13.2 Å². The van der Waals surface area contributed by atoms with Gasteiger partial charge >= 0.3 is 6.09 Å². The lowest BCUT2D eigenvalue weighted by Crippen LogP contribution is -2.50. The molecule has 1 amide bonds. The first-order valence-electron chi connectivity index (χ1n) is 8.88. The van der Waals surface area contributed by atoms with Gasteiger partial charge in [-0.05, 0) is 51.3 Å². The number of rotatable bonds is 5. The first kappa shape index (κ1) is 22.3. The third-order valence-corrected chi connectivity index (χ3v) is 6.62. The van der Waals surface area contributed by atoms with Crippen LogP contribution in [0.1, 0.15) is 45.6 Å². The fourth-order valence-electron chi connectivity index (χ4n) is 2.98. The lowest BCUT2D eigenvalue weighted by atomic mass is 10.1. The van der Waals surface area contributed by atoms with Crippen LogP contribution in [0.3, 0.4) is 0 Å². The highest BCUT2D eigenvalue weighted by molar-refractivity contribution is 7.88. The van der Waals surface area contributed by atoms with Crippen molar-refractivity contribution in [1.29, 1.82) is 0 Å². The summed E-state index contributed by atoms with van der Waals surface area (Å²) in [6, 6.07) is 4.48. The number of carbonyl (C=O) groups is 1. The van der Waals surface area contributed by atoms with Crippen LogP contribution < -0.4 is 5.32 Å². The fraction of sp³-hybridized carbons (Fsp3) is 0.611. The van der Waals surface area contributed by atoms with Crippen LogP contribution in [0.15, 0.2) is 18.2 Å². The zero-order chi connectivity index (χ0) is 20.2. The molecule has 0 bridgehead atoms.